The average molecular weight is 340 g/mol. The summed E-state index contributed by atoms with van der Waals surface area (Å²) in [5, 5.41) is 13.9. The molecule has 0 saturated heterocycles. The van der Waals surface area contributed by atoms with Gasteiger partial charge in [-0.2, -0.15) is 0 Å². The van der Waals surface area contributed by atoms with Gasteiger partial charge in [-0.15, -0.1) is 0 Å². The fourth-order valence-electron chi connectivity index (χ4n) is 2.29. The highest BCUT2D eigenvalue weighted by molar-refractivity contribution is 6.31. The minimum absolute atomic E-state index is 0.0423. The van der Waals surface area contributed by atoms with Crippen LogP contribution in [0.15, 0.2) is 30.5 Å². The van der Waals surface area contributed by atoms with Gasteiger partial charge in [0.25, 0.3) is 0 Å². The van der Waals surface area contributed by atoms with Crippen LogP contribution in [0.2, 0.25) is 5.02 Å². The molecule has 0 bridgehead atoms. The maximum atomic E-state index is 9.14. The molecule has 0 fully saturated rings. The standard InChI is InChI=1S/C18H26ClN3O/c1-3-22(11-12-23)10-4-5-14(2)21-17-8-9-20-18-13-15(19)6-7-16(17)18/h6-9,13-14,23H,3-5,10-12H2,1-2H3,(H,20,21)/i4D2,10D2. The summed E-state index contributed by atoms with van der Waals surface area (Å²) in [5.74, 6) is 0. The summed E-state index contributed by atoms with van der Waals surface area (Å²) in [6, 6.07) is 6.87. The number of likely N-dealkylation sites (N-methyl/N-ethyl adjacent to an activating group) is 1. The van der Waals surface area contributed by atoms with Crippen LogP contribution in [-0.4, -0.2) is 47.2 Å². The van der Waals surface area contributed by atoms with Crippen LogP contribution in [0.5, 0.6) is 0 Å². The van der Waals surface area contributed by atoms with Crippen LogP contribution in [0.4, 0.5) is 5.69 Å². The molecule has 1 aromatic carbocycles. The van der Waals surface area contributed by atoms with Gasteiger partial charge in [0.1, 0.15) is 0 Å². The first-order chi connectivity index (χ1) is 12.6. The van der Waals surface area contributed by atoms with Crippen molar-refractivity contribution in [2.24, 2.45) is 0 Å². The van der Waals surface area contributed by atoms with E-state index >= 15 is 0 Å². The van der Waals surface area contributed by atoms with Crippen molar-refractivity contribution >= 4 is 28.2 Å². The minimum Gasteiger partial charge on any atom is -0.395 e. The average Bonchev–Trinajstić information content (AvgIpc) is 2.58. The topological polar surface area (TPSA) is 48.4 Å². The van der Waals surface area contributed by atoms with E-state index in [1.165, 1.54) is 4.90 Å². The smallest absolute Gasteiger partial charge is 0.0737 e. The zero-order chi connectivity index (χ0) is 20.2. The Morgan fingerprint density at radius 2 is 2.26 bits per heavy atom. The molecular weight excluding hydrogens is 310 g/mol. The molecule has 2 aromatic rings. The Morgan fingerprint density at radius 3 is 3.00 bits per heavy atom. The van der Waals surface area contributed by atoms with Crippen molar-refractivity contribution in [1.29, 1.82) is 0 Å². The van der Waals surface area contributed by atoms with Crippen molar-refractivity contribution in [3.63, 3.8) is 0 Å². The van der Waals surface area contributed by atoms with E-state index in [2.05, 4.69) is 10.3 Å². The van der Waals surface area contributed by atoms with Gasteiger partial charge in [-0.3, -0.25) is 4.98 Å². The molecule has 0 aliphatic rings. The largest absolute Gasteiger partial charge is 0.395 e. The third-order valence-corrected chi connectivity index (χ3v) is 3.74. The number of fused-ring (bicyclic) bond motifs is 1. The number of nitrogens with one attached hydrogen (secondary N) is 1. The number of aliphatic hydroxyl groups excluding tert-OH is 1. The molecule has 0 amide bonds. The fourth-order valence-corrected chi connectivity index (χ4v) is 2.45. The third kappa shape index (κ3) is 5.34. The molecule has 5 heteroatoms. The Bertz CT molecular complexity index is 775. The predicted octanol–water partition coefficient (Wildman–Crippen LogP) is 3.78. The molecular formula is C18H26ClN3O. The summed E-state index contributed by atoms with van der Waals surface area (Å²) in [6.07, 6.45) is -0.502. The molecule has 0 spiro atoms. The molecule has 1 aromatic heterocycles. The monoisotopic (exact) mass is 339 g/mol. The molecule has 1 heterocycles. The Morgan fingerprint density at radius 1 is 1.43 bits per heavy atom. The van der Waals surface area contributed by atoms with E-state index in [1.807, 2.05) is 13.0 Å². The van der Waals surface area contributed by atoms with Crippen molar-refractivity contribution in [3.05, 3.63) is 35.5 Å². The number of rotatable bonds is 9. The summed E-state index contributed by atoms with van der Waals surface area (Å²) in [6.45, 7) is 1.54. The molecule has 1 atom stereocenters. The SMILES string of the molecule is [2H]C([2H])(CC(C)Nc1ccnc2cc(Cl)ccc12)C([2H])([2H])N(CC)CCO. The molecule has 23 heavy (non-hydrogen) atoms. The number of halogens is 1. The highest BCUT2D eigenvalue weighted by atomic mass is 35.5. The second kappa shape index (κ2) is 9.06. The quantitative estimate of drug-likeness (QED) is 0.730. The number of pyridine rings is 1. The number of aromatic nitrogens is 1. The summed E-state index contributed by atoms with van der Waals surface area (Å²) in [4.78, 5) is 5.61. The number of nitrogens with zero attached hydrogens (tertiary/aromatic N) is 2. The first kappa shape index (κ1) is 13.0. The molecule has 4 nitrogen and oxygen atoms in total. The lowest BCUT2D eigenvalue weighted by Crippen LogP contribution is -2.28. The zero-order valence-corrected chi connectivity index (χ0v) is 14.3. The van der Waals surface area contributed by atoms with E-state index in [4.69, 9.17) is 22.2 Å². The highest BCUT2D eigenvalue weighted by Gasteiger charge is 2.08. The van der Waals surface area contributed by atoms with E-state index in [-0.39, 0.29) is 25.6 Å². The van der Waals surface area contributed by atoms with E-state index in [0.717, 1.165) is 16.6 Å². The lowest BCUT2D eigenvalue weighted by molar-refractivity contribution is 0.199. The van der Waals surface area contributed by atoms with E-state index in [9.17, 15) is 0 Å². The molecule has 0 aliphatic carbocycles. The van der Waals surface area contributed by atoms with Crippen molar-refractivity contribution < 1.29 is 10.6 Å². The molecule has 0 saturated carbocycles. The Hall–Kier alpha value is -1.36. The Labute approximate surface area is 149 Å². The van der Waals surface area contributed by atoms with Gasteiger partial charge in [0.15, 0.2) is 0 Å². The summed E-state index contributed by atoms with van der Waals surface area (Å²) < 4.78 is 33.2. The minimum atomic E-state index is -2.20. The maximum Gasteiger partial charge on any atom is 0.0737 e. The Balaban J connectivity index is 2.18. The van der Waals surface area contributed by atoms with Gasteiger partial charge in [0.2, 0.25) is 0 Å². The van der Waals surface area contributed by atoms with Crippen molar-refractivity contribution in [3.8, 4) is 0 Å². The molecule has 126 valence electrons. The number of hydrogen-bond acceptors (Lipinski definition) is 4. The van der Waals surface area contributed by atoms with Gasteiger partial charge < -0.3 is 15.3 Å². The second-order valence-corrected chi connectivity index (χ2v) is 5.80. The summed E-state index contributed by atoms with van der Waals surface area (Å²) >= 11 is 6.01. The van der Waals surface area contributed by atoms with E-state index in [1.54, 1.807) is 31.3 Å². The first-order valence-electron chi connectivity index (χ1n) is 9.79. The molecule has 2 N–H and O–H groups in total. The van der Waals surface area contributed by atoms with Crippen LogP contribution in [0.25, 0.3) is 10.9 Å². The van der Waals surface area contributed by atoms with Gasteiger partial charge in [0, 0.05) is 40.4 Å². The number of aliphatic hydroxyl groups is 1. The molecule has 0 aliphatic heterocycles. The summed E-state index contributed by atoms with van der Waals surface area (Å²) in [7, 11) is 0. The molecule has 0 radical (unpaired) electrons. The third-order valence-electron chi connectivity index (χ3n) is 3.50. The van der Waals surface area contributed by atoms with Crippen LogP contribution in [0.1, 0.15) is 32.1 Å². The highest BCUT2D eigenvalue weighted by Crippen LogP contribution is 2.25. The Kier molecular flexibility index (Phi) is 5.12. The summed E-state index contributed by atoms with van der Waals surface area (Å²) in [5.41, 5.74) is 1.53. The molecule has 1 unspecified atom stereocenters. The van der Waals surface area contributed by atoms with Gasteiger partial charge >= 0.3 is 0 Å². The maximum absolute atomic E-state index is 9.14. The predicted molar refractivity (Wildman–Crippen MR) is 98.3 cm³/mol. The van der Waals surface area contributed by atoms with Crippen LogP contribution in [-0.2, 0) is 0 Å². The first-order valence-corrected chi connectivity index (χ1v) is 8.17. The van der Waals surface area contributed by atoms with Gasteiger partial charge in [-0.25, -0.2) is 0 Å². The van der Waals surface area contributed by atoms with Crippen LogP contribution >= 0.6 is 11.6 Å². The number of anilines is 1. The van der Waals surface area contributed by atoms with Crippen LogP contribution in [0, 0.1) is 0 Å². The lowest BCUT2D eigenvalue weighted by Gasteiger charge is -2.21. The van der Waals surface area contributed by atoms with Crippen LogP contribution in [0.3, 0.4) is 0 Å². The van der Waals surface area contributed by atoms with Gasteiger partial charge in [-0.1, -0.05) is 18.5 Å². The van der Waals surface area contributed by atoms with Crippen molar-refractivity contribution in [2.75, 3.05) is 31.5 Å². The van der Waals surface area contributed by atoms with Crippen molar-refractivity contribution in [1.82, 2.24) is 9.88 Å². The lowest BCUT2D eigenvalue weighted by atomic mass is 10.1. The van der Waals surface area contributed by atoms with E-state index < -0.39 is 12.9 Å². The number of benzene rings is 1. The number of hydrogen-bond donors (Lipinski definition) is 2. The molecule has 2 rings (SSSR count). The van der Waals surface area contributed by atoms with Gasteiger partial charge in [-0.05, 0) is 57.0 Å². The van der Waals surface area contributed by atoms with Gasteiger partial charge in [0.05, 0.1) is 12.1 Å². The normalized spacial score (nSPS) is 16.6. The fraction of sp³-hybridized carbons (Fsp3) is 0.500. The van der Waals surface area contributed by atoms with Crippen LogP contribution < -0.4 is 5.32 Å². The zero-order valence-electron chi connectivity index (χ0n) is 17.5. The van der Waals surface area contributed by atoms with E-state index in [0.29, 0.717) is 11.6 Å². The second-order valence-electron chi connectivity index (χ2n) is 5.36. The van der Waals surface area contributed by atoms with Crippen molar-refractivity contribution in [2.45, 2.75) is 32.7 Å².